The quantitative estimate of drug-likeness (QED) is 0.924. The number of rotatable bonds is 3. The molecule has 1 N–H and O–H groups in total. The highest BCUT2D eigenvalue weighted by Crippen LogP contribution is 2.30. The van der Waals surface area contributed by atoms with Crippen molar-refractivity contribution in [2.75, 3.05) is 7.11 Å². The van der Waals surface area contributed by atoms with E-state index in [-0.39, 0.29) is 11.1 Å². The SMILES string of the molecule is COc1ccc(-c2cccc(F)c2C(=O)O)c(F)c1. The largest absolute Gasteiger partial charge is 0.497 e. The van der Waals surface area contributed by atoms with Gasteiger partial charge >= 0.3 is 5.97 Å². The Morgan fingerprint density at radius 3 is 2.42 bits per heavy atom. The van der Waals surface area contributed by atoms with Crippen molar-refractivity contribution in [2.45, 2.75) is 0 Å². The number of hydrogen-bond donors (Lipinski definition) is 1. The minimum Gasteiger partial charge on any atom is -0.497 e. The van der Waals surface area contributed by atoms with Gasteiger partial charge in [-0.3, -0.25) is 0 Å². The van der Waals surface area contributed by atoms with Crippen molar-refractivity contribution in [2.24, 2.45) is 0 Å². The average Bonchev–Trinajstić information content (AvgIpc) is 2.37. The van der Waals surface area contributed by atoms with Crippen LogP contribution >= 0.6 is 0 Å². The second-order valence-corrected chi connectivity index (χ2v) is 3.81. The van der Waals surface area contributed by atoms with Gasteiger partial charge in [0.15, 0.2) is 0 Å². The summed E-state index contributed by atoms with van der Waals surface area (Å²) in [6, 6.07) is 7.67. The van der Waals surface area contributed by atoms with E-state index in [9.17, 15) is 13.6 Å². The monoisotopic (exact) mass is 264 g/mol. The normalized spacial score (nSPS) is 10.3. The molecule has 0 saturated heterocycles. The van der Waals surface area contributed by atoms with Crippen molar-refractivity contribution in [1.29, 1.82) is 0 Å². The lowest BCUT2D eigenvalue weighted by Crippen LogP contribution is -2.04. The Labute approximate surface area is 108 Å². The van der Waals surface area contributed by atoms with Gasteiger partial charge in [-0.2, -0.15) is 0 Å². The predicted octanol–water partition coefficient (Wildman–Crippen LogP) is 3.34. The molecular weight excluding hydrogens is 254 g/mol. The molecule has 0 unspecified atom stereocenters. The van der Waals surface area contributed by atoms with Gasteiger partial charge in [0.05, 0.1) is 7.11 Å². The van der Waals surface area contributed by atoms with Crippen LogP contribution in [0, 0.1) is 11.6 Å². The third kappa shape index (κ3) is 2.40. The van der Waals surface area contributed by atoms with Crippen LogP contribution in [0.1, 0.15) is 10.4 Å². The molecular formula is C14H10F2O3. The van der Waals surface area contributed by atoms with Crippen molar-refractivity contribution >= 4 is 5.97 Å². The van der Waals surface area contributed by atoms with Crippen LogP contribution in [0.4, 0.5) is 8.78 Å². The van der Waals surface area contributed by atoms with E-state index < -0.39 is 23.2 Å². The molecule has 0 spiro atoms. The molecule has 0 amide bonds. The topological polar surface area (TPSA) is 46.5 Å². The number of carbonyl (C=O) groups is 1. The van der Waals surface area contributed by atoms with Crippen molar-refractivity contribution in [3.63, 3.8) is 0 Å². The number of methoxy groups -OCH3 is 1. The first kappa shape index (κ1) is 13.0. The highest BCUT2D eigenvalue weighted by molar-refractivity contribution is 5.96. The van der Waals surface area contributed by atoms with Crippen LogP contribution < -0.4 is 4.74 Å². The van der Waals surface area contributed by atoms with Gasteiger partial charge in [-0.1, -0.05) is 12.1 Å². The standard InChI is InChI=1S/C14H10F2O3/c1-19-8-5-6-9(12(16)7-8)10-3-2-4-11(15)13(10)14(17)18/h2-7H,1H3,(H,17,18). The lowest BCUT2D eigenvalue weighted by molar-refractivity contribution is 0.0693. The number of benzene rings is 2. The number of ether oxygens (including phenoxy) is 1. The Morgan fingerprint density at radius 1 is 1.11 bits per heavy atom. The zero-order valence-corrected chi connectivity index (χ0v) is 9.98. The minimum atomic E-state index is -1.44. The molecule has 0 aromatic heterocycles. The lowest BCUT2D eigenvalue weighted by Gasteiger charge is -2.09. The van der Waals surface area contributed by atoms with E-state index >= 15 is 0 Å². The first-order valence-electron chi connectivity index (χ1n) is 5.40. The Kier molecular flexibility index (Phi) is 3.46. The van der Waals surface area contributed by atoms with Gasteiger partial charge in [0, 0.05) is 17.2 Å². The smallest absolute Gasteiger partial charge is 0.339 e. The van der Waals surface area contributed by atoms with E-state index in [0.29, 0.717) is 5.75 Å². The van der Waals surface area contributed by atoms with Crippen LogP contribution in [-0.4, -0.2) is 18.2 Å². The highest BCUT2D eigenvalue weighted by Gasteiger charge is 2.19. The van der Waals surface area contributed by atoms with Crippen LogP contribution in [0.2, 0.25) is 0 Å². The van der Waals surface area contributed by atoms with Gasteiger partial charge in [0.1, 0.15) is 22.9 Å². The molecule has 2 rings (SSSR count). The van der Waals surface area contributed by atoms with Crippen LogP contribution in [0.15, 0.2) is 36.4 Å². The number of aromatic carboxylic acids is 1. The fourth-order valence-electron chi connectivity index (χ4n) is 1.81. The Bertz CT molecular complexity index is 639. The molecule has 0 fully saturated rings. The molecule has 3 nitrogen and oxygen atoms in total. The zero-order chi connectivity index (χ0) is 14.0. The molecule has 98 valence electrons. The fraction of sp³-hybridized carbons (Fsp3) is 0.0714. The van der Waals surface area contributed by atoms with Crippen LogP contribution in [0.25, 0.3) is 11.1 Å². The van der Waals surface area contributed by atoms with Gasteiger partial charge in [-0.05, 0) is 18.2 Å². The third-order valence-corrected chi connectivity index (χ3v) is 2.69. The van der Waals surface area contributed by atoms with Gasteiger partial charge < -0.3 is 9.84 Å². The molecule has 0 radical (unpaired) electrons. The van der Waals surface area contributed by atoms with Crippen molar-refractivity contribution in [1.82, 2.24) is 0 Å². The molecule has 5 heteroatoms. The number of halogens is 2. The van der Waals surface area contributed by atoms with E-state index in [0.717, 1.165) is 12.1 Å². The fourth-order valence-corrected chi connectivity index (χ4v) is 1.81. The molecule has 0 aliphatic carbocycles. The molecule has 0 heterocycles. The summed E-state index contributed by atoms with van der Waals surface area (Å²) in [7, 11) is 1.39. The highest BCUT2D eigenvalue weighted by atomic mass is 19.1. The maximum absolute atomic E-state index is 13.9. The van der Waals surface area contributed by atoms with Crippen LogP contribution in [-0.2, 0) is 0 Å². The number of carboxylic acid groups (broad SMARTS) is 1. The summed E-state index contributed by atoms with van der Waals surface area (Å²) >= 11 is 0. The molecule has 0 saturated carbocycles. The third-order valence-electron chi connectivity index (χ3n) is 2.69. The van der Waals surface area contributed by atoms with Crippen molar-refractivity contribution in [3.05, 3.63) is 53.6 Å². The van der Waals surface area contributed by atoms with E-state index in [4.69, 9.17) is 9.84 Å². The van der Waals surface area contributed by atoms with Gasteiger partial charge in [-0.25, -0.2) is 13.6 Å². The maximum Gasteiger partial charge on any atom is 0.339 e. The van der Waals surface area contributed by atoms with Crippen LogP contribution in [0.3, 0.4) is 0 Å². The summed E-state index contributed by atoms with van der Waals surface area (Å²) in [6.07, 6.45) is 0. The minimum absolute atomic E-state index is 0.00680. The second kappa shape index (κ2) is 5.06. The molecule has 0 aliphatic rings. The molecule has 2 aromatic rings. The van der Waals surface area contributed by atoms with E-state index in [2.05, 4.69) is 0 Å². The van der Waals surface area contributed by atoms with Crippen molar-refractivity contribution < 1.29 is 23.4 Å². The summed E-state index contributed by atoms with van der Waals surface area (Å²) in [5.74, 6) is -2.72. The second-order valence-electron chi connectivity index (χ2n) is 3.81. The summed E-state index contributed by atoms with van der Waals surface area (Å²) in [6.45, 7) is 0. The molecule has 19 heavy (non-hydrogen) atoms. The van der Waals surface area contributed by atoms with Gasteiger partial charge in [0.25, 0.3) is 0 Å². The summed E-state index contributed by atoms with van der Waals surface area (Å²) in [5, 5.41) is 9.01. The van der Waals surface area contributed by atoms with Gasteiger partial charge in [-0.15, -0.1) is 0 Å². The molecule has 0 bridgehead atoms. The first-order valence-corrected chi connectivity index (χ1v) is 5.40. The molecule has 2 aromatic carbocycles. The summed E-state index contributed by atoms with van der Waals surface area (Å²) < 4.78 is 32.3. The molecule has 0 atom stereocenters. The first-order chi connectivity index (χ1) is 9.04. The molecule has 0 aliphatic heterocycles. The van der Waals surface area contributed by atoms with Gasteiger partial charge in [0.2, 0.25) is 0 Å². The number of carboxylic acids is 1. The van der Waals surface area contributed by atoms with Crippen LogP contribution in [0.5, 0.6) is 5.75 Å². The Morgan fingerprint density at radius 2 is 1.84 bits per heavy atom. The average molecular weight is 264 g/mol. The lowest BCUT2D eigenvalue weighted by atomic mass is 9.98. The van der Waals surface area contributed by atoms with E-state index in [1.807, 2.05) is 0 Å². The summed E-state index contributed by atoms with van der Waals surface area (Å²) in [4.78, 5) is 11.1. The Hall–Kier alpha value is -2.43. The predicted molar refractivity (Wildman–Crippen MR) is 65.3 cm³/mol. The van der Waals surface area contributed by atoms with E-state index in [1.54, 1.807) is 0 Å². The maximum atomic E-state index is 13.9. The van der Waals surface area contributed by atoms with E-state index in [1.165, 1.54) is 31.4 Å². The van der Waals surface area contributed by atoms with Crippen molar-refractivity contribution in [3.8, 4) is 16.9 Å². The Balaban J connectivity index is 2.65. The zero-order valence-electron chi connectivity index (χ0n) is 9.98. The summed E-state index contributed by atoms with van der Waals surface area (Å²) in [5.41, 5.74) is -0.545. The number of hydrogen-bond acceptors (Lipinski definition) is 2.